The van der Waals surface area contributed by atoms with E-state index < -0.39 is 0 Å². The summed E-state index contributed by atoms with van der Waals surface area (Å²) < 4.78 is 10.8. The van der Waals surface area contributed by atoms with Gasteiger partial charge in [-0.05, 0) is 37.1 Å². The van der Waals surface area contributed by atoms with E-state index in [2.05, 4.69) is 26.6 Å². The van der Waals surface area contributed by atoms with E-state index in [1.165, 1.54) is 0 Å². The second kappa shape index (κ2) is 9.03. The van der Waals surface area contributed by atoms with Gasteiger partial charge in [-0.1, -0.05) is 12.1 Å². The standard InChI is InChI=1S/C21H26N4O3/c26-21(16-7-11-27-12-8-16)23-17-5-6-20(22-15-17)24-18-3-1-2-4-19(18)25-9-13-28-14-10-25/h1-6,15-16H,7-14H2,(H,22,24)(H,23,26). The Morgan fingerprint density at radius 2 is 1.75 bits per heavy atom. The number of pyridine rings is 1. The maximum Gasteiger partial charge on any atom is 0.227 e. The Balaban J connectivity index is 1.40. The van der Waals surface area contributed by atoms with Crippen molar-refractivity contribution in [2.45, 2.75) is 12.8 Å². The predicted molar refractivity (Wildman–Crippen MR) is 109 cm³/mol. The molecule has 0 aliphatic carbocycles. The first-order valence-corrected chi connectivity index (χ1v) is 9.83. The molecule has 1 amide bonds. The van der Waals surface area contributed by atoms with Gasteiger partial charge in [-0.15, -0.1) is 0 Å². The van der Waals surface area contributed by atoms with E-state index in [0.717, 1.165) is 56.3 Å². The fourth-order valence-corrected chi connectivity index (χ4v) is 3.54. The summed E-state index contributed by atoms with van der Waals surface area (Å²) in [4.78, 5) is 19.1. The molecule has 2 aromatic rings. The predicted octanol–water partition coefficient (Wildman–Crippen LogP) is 3.03. The number of morpholine rings is 1. The molecule has 0 bridgehead atoms. The highest BCUT2D eigenvalue weighted by atomic mass is 16.5. The zero-order chi connectivity index (χ0) is 19.2. The Kier molecular flexibility index (Phi) is 6.04. The molecular formula is C21H26N4O3. The van der Waals surface area contributed by atoms with Crippen LogP contribution in [0.2, 0.25) is 0 Å². The Morgan fingerprint density at radius 3 is 2.50 bits per heavy atom. The molecule has 0 spiro atoms. The lowest BCUT2D eigenvalue weighted by Crippen LogP contribution is -2.36. The van der Waals surface area contributed by atoms with Crippen LogP contribution in [0.1, 0.15) is 12.8 Å². The van der Waals surface area contributed by atoms with Crippen molar-refractivity contribution in [1.29, 1.82) is 0 Å². The minimum absolute atomic E-state index is 0.0203. The van der Waals surface area contributed by atoms with Gasteiger partial charge < -0.3 is 25.0 Å². The first kappa shape index (κ1) is 18.7. The van der Waals surface area contributed by atoms with Crippen molar-refractivity contribution in [3.05, 3.63) is 42.6 Å². The van der Waals surface area contributed by atoms with Crippen molar-refractivity contribution in [1.82, 2.24) is 4.98 Å². The van der Waals surface area contributed by atoms with Crippen LogP contribution in [0.5, 0.6) is 0 Å². The van der Waals surface area contributed by atoms with Crippen LogP contribution in [-0.2, 0) is 14.3 Å². The van der Waals surface area contributed by atoms with E-state index >= 15 is 0 Å². The zero-order valence-electron chi connectivity index (χ0n) is 15.9. The largest absolute Gasteiger partial charge is 0.381 e. The van der Waals surface area contributed by atoms with Crippen LogP contribution in [0.3, 0.4) is 0 Å². The quantitative estimate of drug-likeness (QED) is 0.828. The van der Waals surface area contributed by atoms with Gasteiger partial charge >= 0.3 is 0 Å². The van der Waals surface area contributed by atoms with E-state index in [1.54, 1.807) is 6.20 Å². The lowest BCUT2D eigenvalue weighted by Gasteiger charge is -2.30. The molecule has 2 aliphatic heterocycles. The molecule has 3 heterocycles. The van der Waals surface area contributed by atoms with Gasteiger partial charge in [-0.3, -0.25) is 4.79 Å². The zero-order valence-corrected chi connectivity index (χ0v) is 15.9. The molecular weight excluding hydrogens is 356 g/mol. The molecule has 0 unspecified atom stereocenters. The van der Waals surface area contributed by atoms with Crippen LogP contribution in [-0.4, -0.2) is 50.4 Å². The Labute approximate surface area is 165 Å². The van der Waals surface area contributed by atoms with Crippen LogP contribution >= 0.6 is 0 Å². The monoisotopic (exact) mass is 382 g/mol. The lowest BCUT2D eigenvalue weighted by molar-refractivity contribution is -0.122. The van der Waals surface area contributed by atoms with Crippen molar-refractivity contribution < 1.29 is 14.3 Å². The van der Waals surface area contributed by atoms with E-state index in [0.29, 0.717) is 18.9 Å². The van der Waals surface area contributed by atoms with E-state index in [4.69, 9.17) is 9.47 Å². The van der Waals surface area contributed by atoms with Crippen molar-refractivity contribution in [2.24, 2.45) is 5.92 Å². The molecule has 0 radical (unpaired) electrons. The first-order chi connectivity index (χ1) is 13.8. The van der Waals surface area contributed by atoms with E-state index in [-0.39, 0.29) is 11.8 Å². The highest BCUT2D eigenvalue weighted by Gasteiger charge is 2.21. The van der Waals surface area contributed by atoms with Gasteiger partial charge in [0.25, 0.3) is 0 Å². The molecule has 1 aromatic carbocycles. The normalized spacial score (nSPS) is 17.9. The van der Waals surface area contributed by atoms with Gasteiger partial charge in [0.05, 0.1) is 36.5 Å². The van der Waals surface area contributed by atoms with E-state index in [1.807, 2.05) is 30.3 Å². The maximum absolute atomic E-state index is 12.3. The summed E-state index contributed by atoms with van der Waals surface area (Å²) in [7, 11) is 0. The molecule has 7 nitrogen and oxygen atoms in total. The van der Waals surface area contributed by atoms with Gasteiger partial charge in [-0.2, -0.15) is 0 Å². The summed E-state index contributed by atoms with van der Waals surface area (Å²) in [6.07, 6.45) is 3.24. The summed E-state index contributed by atoms with van der Waals surface area (Å²) in [6, 6.07) is 12.0. The maximum atomic E-state index is 12.3. The number of ether oxygens (including phenoxy) is 2. The average Bonchev–Trinajstić information content (AvgIpc) is 2.77. The topological polar surface area (TPSA) is 75.7 Å². The van der Waals surface area contributed by atoms with Gasteiger partial charge in [0.1, 0.15) is 5.82 Å². The highest BCUT2D eigenvalue weighted by molar-refractivity contribution is 5.92. The molecule has 4 rings (SSSR count). The molecule has 148 valence electrons. The molecule has 7 heteroatoms. The van der Waals surface area contributed by atoms with Crippen LogP contribution in [0.4, 0.5) is 22.9 Å². The number of carbonyl (C=O) groups is 1. The number of anilines is 4. The first-order valence-electron chi connectivity index (χ1n) is 9.83. The van der Waals surface area contributed by atoms with Gasteiger partial charge in [-0.25, -0.2) is 4.98 Å². The Bertz CT molecular complexity index is 784. The molecule has 1 aromatic heterocycles. The number of carbonyl (C=O) groups excluding carboxylic acids is 1. The van der Waals surface area contributed by atoms with Crippen molar-refractivity contribution >= 4 is 28.8 Å². The van der Waals surface area contributed by atoms with Crippen molar-refractivity contribution in [3.8, 4) is 0 Å². The van der Waals surface area contributed by atoms with Crippen LogP contribution in [0, 0.1) is 5.92 Å². The van der Waals surface area contributed by atoms with Crippen molar-refractivity contribution in [3.63, 3.8) is 0 Å². The van der Waals surface area contributed by atoms with Crippen LogP contribution in [0.25, 0.3) is 0 Å². The summed E-state index contributed by atoms with van der Waals surface area (Å²) in [6.45, 7) is 4.55. The third-order valence-electron chi connectivity index (χ3n) is 5.14. The lowest BCUT2D eigenvalue weighted by atomic mass is 9.99. The molecule has 2 saturated heterocycles. The number of nitrogens with one attached hydrogen (secondary N) is 2. The number of hydrogen-bond acceptors (Lipinski definition) is 6. The van der Waals surface area contributed by atoms with E-state index in [9.17, 15) is 4.79 Å². The third kappa shape index (κ3) is 4.61. The molecule has 0 atom stereocenters. The number of hydrogen-bond donors (Lipinski definition) is 2. The summed E-state index contributed by atoms with van der Waals surface area (Å²) in [5.74, 6) is 0.806. The van der Waals surface area contributed by atoms with Gasteiger partial charge in [0, 0.05) is 32.2 Å². The average molecular weight is 382 g/mol. The second-order valence-electron chi connectivity index (χ2n) is 7.05. The summed E-state index contributed by atoms with van der Waals surface area (Å²) in [5, 5.41) is 6.35. The third-order valence-corrected chi connectivity index (χ3v) is 5.14. The SMILES string of the molecule is O=C(Nc1ccc(Nc2ccccc2N2CCOCC2)nc1)C1CCOCC1. The second-order valence-corrected chi connectivity index (χ2v) is 7.05. The number of nitrogens with zero attached hydrogens (tertiary/aromatic N) is 2. The highest BCUT2D eigenvalue weighted by Crippen LogP contribution is 2.29. The Hall–Kier alpha value is -2.64. The minimum Gasteiger partial charge on any atom is -0.381 e. The number of rotatable bonds is 5. The van der Waals surface area contributed by atoms with Crippen LogP contribution in [0.15, 0.2) is 42.6 Å². The Morgan fingerprint density at radius 1 is 1.00 bits per heavy atom. The molecule has 2 N–H and O–H groups in total. The minimum atomic E-state index is 0.0203. The van der Waals surface area contributed by atoms with Gasteiger partial charge in [0.15, 0.2) is 0 Å². The number of amides is 1. The van der Waals surface area contributed by atoms with Crippen LogP contribution < -0.4 is 15.5 Å². The summed E-state index contributed by atoms with van der Waals surface area (Å²) >= 11 is 0. The fourth-order valence-electron chi connectivity index (χ4n) is 3.54. The van der Waals surface area contributed by atoms with Gasteiger partial charge in [0.2, 0.25) is 5.91 Å². The molecule has 2 aliphatic rings. The van der Waals surface area contributed by atoms with Crippen molar-refractivity contribution in [2.75, 3.05) is 55.1 Å². The molecule has 0 saturated carbocycles. The summed E-state index contributed by atoms with van der Waals surface area (Å²) in [5.41, 5.74) is 2.86. The molecule has 28 heavy (non-hydrogen) atoms. The molecule has 2 fully saturated rings. The number of para-hydroxylation sites is 2. The number of aromatic nitrogens is 1. The number of benzene rings is 1. The smallest absolute Gasteiger partial charge is 0.227 e. The fraction of sp³-hybridized carbons (Fsp3) is 0.429.